The van der Waals surface area contributed by atoms with Crippen molar-refractivity contribution in [1.29, 1.82) is 0 Å². The number of nitrogens with zero attached hydrogens (tertiary/aromatic N) is 1. The third kappa shape index (κ3) is 12.4. The molecule has 0 aliphatic rings. The highest BCUT2D eigenvalue weighted by Crippen LogP contribution is 1.97. The first kappa shape index (κ1) is 18.7. The van der Waals surface area contributed by atoms with E-state index in [-0.39, 0.29) is 24.0 Å². The Morgan fingerprint density at radius 1 is 1.25 bits per heavy atom. The molecule has 0 atom stereocenters. The first-order valence-electron chi connectivity index (χ1n) is 5.64. The van der Waals surface area contributed by atoms with Crippen LogP contribution in [0.15, 0.2) is 4.99 Å². The van der Waals surface area contributed by atoms with Crippen LogP contribution in [0.3, 0.4) is 0 Å². The van der Waals surface area contributed by atoms with Crippen LogP contribution in [0.25, 0.3) is 0 Å². The van der Waals surface area contributed by atoms with Gasteiger partial charge in [-0.15, -0.1) is 24.0 Å². The smallest absolute Gasteiger partial charge is 0.190 e. The summed E-state index contributed by atoms with van der Waals surface area (Å²) in [6.07, 6.45) is 4.63. The van der Waals surface area contributed by atoms with Gasteiger partial charge in [-0.3, -0.25) is 4.99 Å². The summed E-state index contributed by atoms with van der Waals surface area (Å²) >= 11 is 1.91. The van der Waals surface area contributed by atoms with Crippen molar-refractivity contribution in [2.45, 2.75) is 26.7 Å². The molecule has 3 nitrogen and oxygen atoms in total. The molecule has 0 amide bonds. The molecule has 0 aliphatic heterocycles. The Labute approximate surface area is 122 Å². The molecule has 0 rings (SSSR count). The molecule has 0 fully saturated rings. The molecule has 0 unspecified atom stereocenters. The van der Waals surface area contributed by atoms with Crippen LogP contribution in [0.4, 0.5) is 0 Å². The van der Waals surface area contributed by atoms with Crippen molar-refractivity contribution in [3.8, 4) is 0 Å². The summed E-state index contributed by atoms with van der Waals surface area (Å²) in [7, 11) is 1.82. The molecule has 16 heavy (non-hydrogen) atoms. The largest absolute Gasteiger partial charge is 0.356 e. The molecule has 0 saturated heterocycles. The molecule has 0 aromatic carbocycles. The zero-order valence-corrected chi connectivity index (χ0v) is 14.0. The fourth-order valence-corrected chi connectivity index (χ4v) is 1.59. The van der Waals surface area contributed by atoms with E-state index >= 15 is 0 Å². The van der Waals surface area contributed by atoms with Crippen molar-refractivity contribution in [2.75, 3.05) is 32.1 Å². The van der Waals surface area contributed by atoms with Gasteiger partial charge in [-0.05, 0) is 30.8 Å². The van der Waals surface area contributed by atoms with Crippen LogP contribution in [0.1, 0.15) is 26.7 Å². The Morgan fingerprint density at radius 2 is 1.94 bits per heavy atom. The molecule has 0 aromatic heterocycles. The Morgan fingerprint density at radius 3 is 2.44 bits per heavy atom. The summed E-state index contributed by atoms with van der Waals surface area (Å²) in [6.45, 7) is 6.38. The monoisotopic (exact) mass is 359 g/mol. The number of hydrogen-bond acceptors (Lipinski definition) is 2. The van der Waals surface area contributed by atoms with E-state index in [0.717, 1.165) is 19.0 Å². The van der Waals surface area contributed by atoms with E-state index in [1.54, 1.807) is 0 Å². The number of aliphatic imine (C=N–C) groups is 1. The summed E-state index contributed by atoms with van der Waals surface area (Å²) in [6, 6.07) is 0. The van der Waals surface area contributed by atoms with Gasteiger partial charge in [-0.2, -0.15) is 11.8 Å². The molecule has 0 radical (unpaired) electrons. The van der Waals surface area contributed by atoms with Gasteiger partial charge < -0.3 is 10.6 Å². The highest BCUT2D eigenvalue weighted by Gasteiger charge is 1.97. The van der Waals surface area contributed by atoms with Crippen molar-refractivity contribution in [3.63, 3.8) is 0 Å². The van der Waals surface area contributed by atoms with Crippen molar-refractivity contribution < 1.29 is 0 Å². The van der Waals surface area contributed by atoms with E-state index in [9.17, 15) is 0 Å². The number of nitrogens with one attached hydrogen (secondary N) is 2. The molecule has 98 valence electrons. The third-order valence-corrected chi connectivity index (χ3v) is 2.67. The highest BCUT2D eigenvalue weighted by atomic mass is 127. The van der Waals surface area contributed by atoms with Crippen LogP contribution in [-0.4, -0.2) is 38.1 Å². The summed E-state index contributed by atoms with van der Waals surface area (Å²) in [5.41, 5.74) is 0. The molecule has 0 spiro atoms. The Bertz CT molecular complexity index is 175. The molecule has 0 heterocycles. The van der Waals surface area contributed by atoms with Gasteiger partial charge in [0.25, 0.3) is 0 Å². The average molecular weight is 359 g/mol. The van der Waals surface area contributed by atoms with E-state index < -0.39 is 0 Å². The molecule has 0 aromatic rings. The number of rotatable bonds is 7. The lowest BCUT2D eigenvalue weighted by atomic mass is 10.2. The van der Waals surface area contributed by atoms with Crippen LogP contribution in [0.2, 0.25) is 0 Å². The fraction of sp³-hybridized carbons (Fsp3) is 0.909. The van der Waals surface area contributed by atoms with Gasteiger partial charge in [-0.1, -0.05) is 13.8 Å². The van der Waals surface area contributed by atoms with Gasteiger partial charge in [-0.25, -0.2) is 0 Å². The van der Waals surface area contributed by atoms with Crippen molar-refractivity contribution in [1.82, 2.24) is 10.6 Å². The normalized spacial score (nSPS) is 11.2. The lowest BCUT2D eigenvalue weighted by molar-refractivity contribution is 0.612. The predicted molar refractivity (Wildman–Crippen MR) is 87.2 cm³/mol. The van der Waals surface area contributed by atoms with E-state index in [2.05, 4.69) is 35.7 Å². The predicted octanol–water partition coefficient (Wildman–Crippen LogP) is 2.57. The summed E-state index contributed by atoms with van der Waals surface area (Å²) in [5.74, 6) is 2.83. The van der Waals surface area contributed by atoms with Gasteiger partial charge >= 0.3 is 0 Å². The van der Waals surface area contributed by atoms with Gasteiger partial charge in [0.05, 0.1) is 0 Å². The zero-order valence-electron chi connectivity index (χ0n) is 10.9. The second-order valence-corrected chi connectivity index (χ2v) is 4.96. The van der Waals surface area contributed by atoms with Crippen LogP contribution in [0.5, 0.6) is 0 Å². The average Bonchev–Trinajstić information content (AvgIpc) is 2.22. The van der Waals surface area contributed by atoms with E-state index in [1.807, 2.05) is 18.8 Å². The molecule has 5 heteroatoms. The van der Waals surface area contributed by atoms with Gasteiger partial charge in [0.15, 0.2) is 5.96 Å². The van der Waals surface area contributed by atoms with Crippen LogP contribution in [-0.2, 0) is 0 Å². The standard InChI is InChI=1S/C11H25N3S.HI/c1-10(2)9-14-11(12-3)13-7-5-6-8-15-4;/h10H,5-9H2,1-4H3,(H2,12,13,14);1H. The zero-order chi connectivity index (χ0) is 11.5. The third-order valence-electron chi connectivity index (χ3n) is 1.97. The maximum Gasteiger partial charge on any atom is 0.190 e. The van der Waals surface area contributed by atoms with Crippen molar-refractivity contribution >= 4 is 41.7 Å². The molecule has 2 N–H and O–H groups in total. The minimum atomic E-state index is 0. The number of guanidine groups is 1. The summed E-state index contributed by atoms with van der Waals surface area (Å²) < 4.78 is 0. The summed E-state index contributed by atoms with van der Waals surface area (Å²) in [5, 5.41) is 6.61. The van der Waals surface area contributed by atoms with Gasteiger partial charge in [0.2, 0.25) is 0 Å². The van der Waals surface area contributed by atoms with Gasteiger partial charge in [0.1, 0.15) is 0 Å². The van der Waals surface area contributed by atoms with Crippen molar-refractivity contribution in [3.05, 3.63) is 0 Å². The fourth-order valence-electron chi connectivity index (χ4n) is 1.10. The van der Waals surface area contributed by atoms with Crippen LogP contribution in [0, 0.1) is 5.92 Å². The topological polar surface area (TPSA) is 36.4 Å². The Balaban J connectivity index is 0. The number of hydrogen-bond donors (Lipinski definition) is 2. The number of thioether (sulfide) groups is 1. The molecule has 0 saturated carbocycles. The minimum Gasteiger partial charge on any atom is -0.356 e. The maximum absolute atomic E-state index is 4.17. The highest BCUT2D eigenvalue weighted by molar-refractivity contribution is 14.0. The molecule has 0 bridgehead atoms. The molecular weight excluding hydrogens is 333 g/mol. The molecule has 0 aliphatic carbocycles. The van der Waals surface area contributed by atoms with Crippen LogP contribution < -0.4 is 10.6 Å². The second-order valence-electron chi connectivity index (χ2n) is 3.97. The van der Waals surface area contributed by atoms with Crippen molar-refractivity contribution in [2.24, 2.45) is 10.9 Å². The summed E-state index contributed by atoms with van der Waals surface area (Å²) in [4.78, 5) is 4.17. The number of halogens is 1. The van der Waals surface area contributed by atoms with E-state index in [1.165, 1.54) is 18.6 Å². The first-order valence-corrected chi connectivity index (χ1v) is 7.03. The Kier molecular flexibility index (Phi) is 15.7. The maximum atomic E-state index is 4.17. The molecular formula is C11H26IN3S. The van der Waals surface area contributed by atoms with Gasteiger partial charge in [0, 0.05) is 20.1 Å². The van der Waals surface area contributed by atoms with E-state index in [0.29, 0.717) is 5.92 Å². The minimum absolute atomic E-state index is 0. The van der Waals surface area contributed by atoms with E-state index in [4.69, 9.17) is 0 Å². The lowest BCUT2D eigenvalue weighted by Gasteiger charge is -2.13. The lowest BCUT2D eigenvalue weighted by Crippen LogP contribution is -2.39. The second kappa shape index (κ2) is 13.4. The quantitative estimate of drug-likeness (QED) is 0.318. The number of unbranched alkanes of at least 4 members (excludes halogenated alkanes) is 1. The first-order chi connectivity index (χ1) is 7.20. The van der Waals surface area contributed by atoms with Crippen LogP contribution >= 0.6 is 35.7 Å². The SMILES string of the molecule is CN=C(NCCCCSC)NCC(C)C.I. The Hall–Kier alpha value is 0.350.